The second-order valence-electron chi connectivity index (χ2n) is 4.74. The highest BCUT2D eigenvalue weighted by Gasteiger charge is 2.34. The molecule has 0 amide bonds. The number of aromatic nitrogens is 3. The monoisotopic (exact) mass is 323 g/mol. The lowest BCUT2D eigenvalue weighted by Gasteiger charge is -2.03. The van der Waals surface area contributed by atoms with Crippen LogP contribution >= 0.6 is 0 Å². The molecule has 0 unspecified atom stereocenters. The third kappa shape index (κ3) is 2.68. The van der Waals surface area contributed by atoms with E-state index < -0.39 is 23.4 Å². The maximum absolute atomic E-state index is 12.7. The van der Waals surface area contributed by atoms with Gasteiger partial charge in [0.15, 0.2) is 5.69 Å². The molecule has 2 aromatic heterocycles. The topological polar surface area (TPSA) is 87.5 Å². The normalized spacial score (nSPS) is 11.8. The Morgan fingerprint density at radius 2 is 1.87 bits per heavy atom. The van der Waals surface area contributed by atoms with Crippen molar-refractivity contribution in [1.29, 1.82) is 0 Å². The molecule has 0 aliphatic carbocycles. The zero-order valence-electron chi connectivity index (χ0n) is 11.3. The summed E-state index contributed by atoms with van der Waals surface area (Å²) in [6, 6.07) is 6.19. The molecule has 0 aliphatic rings. The van der Waals surface area contributed by atoms with E-state index in [0.717, 1.165) is 4.52 Å². The van der Waals surface area contributed by atoms with Gasteiger partial charge in [0.1, 0.15) is 5.52 Å². The number of nitrogens with zero attached hydrogens (tertiary/aromatic N) is 2. The fraction of sp³-hybridized carbons (Fsp3) is 0.0714. The van der Waals surface area contributed by atoms with E-state index in [1.54, 1.807) is 0 Å². The van der Waals surface area contributed by atoms with Crippen molar-refractivity contribution >= 4 is 11.5 Å². The van der Waals surface area contributed by atoms with Crippen LogP contribution in [-0.2, 0) is 6.18 Å². The summed E-state index contributed by atoms with van der Waals surface area (Å²) < 4.78 is 38.8. The molecule has 6 nitrogen and oxygen atoms in total. The van der Waals surface area contributed by atoms with Crippen LogP contribution in [0.15, 0.2) is 41.3 Å². The number of aromatic carboxylic acids is 1. The third-order valence-electron chi connectivity index (χ3n) is 3.20. The first kappa shape index (κ1) is 14.8. The van der Waals surface area contributed by atoms with E-state index in [-0.39, 0.29) is 16.8 Å². The van der Waals surface area contributed by atoms with Crippen LogP contribution in [0.4, 0.5) is 13.2 Å². The van der Waals surface area contributed by atoms with Gasteiger partial charge in [-0.3, -0.25) is 4.79 Å². The number of aromatic amines is 1. The van der Waals surface area contributed by atoms with E-state index in [0.29, 0.717) is 11.6 Å². The molecular formula is C14H8F3N3O3. The van der Waals surface area contributed by atoms with E-state index in [1.165, 1.54) is 30.5 Å². The maximum atomic E-state index is 12.7. The predicted octanol–water partition coefficient (Wildman–Crippen LogP) is 2.41. The van der Waals surface area contributed by atoms with Crippen molar-refractivity contribution in [3.63, 3.8) is 0 Å². The van der Waals surface area contributed by atoms with Gasteiger partial charge in [0, 0.05) is 6.07 Å². The lowest BCUT2D eigenvalue weighted by Crippen LogP contribution is -2.10. The van der Waals surface area contributed by atoms with Gasteiger partial charge in [-0.2, -0.15) is 18.3 Å². The molecule has 0 spiro atoms. The second kappa shape index (κ2) is 4.97. The Kier molecular flexibility index (Phi) is 3.20. The Morgan fingerprint density at radius 3 is 2.43 bits per heavy atom. The van der Waals surface area contributed by atoms with Crippen LogP contribution in [0.3, 0.4) is 0 Å². The molecule has 3 aromatic rings. The largest absolute Gasteiger partial charge is 0.478 e. The Labute approximate surface area is 125 Å². The molecule has 1 aromatic carbocycles. The fourth-order valence-electron chi connectivity index (χ4n) is 2.08. The van der Waals surface area contributed by atoms with E-state index in [4.69, 9.17) is 5.11 Å². The number of carboxylic acids is 1. The number of hydrogen-bond donors (Lipinski definition) is 2. The highest BCUT2D eigenvalue weighted by atomic mass is 19.4. The van der Waals surface area contributed by atoms with Crippen molar-refractivity contribution in [2.45, 2.75) is 6.18 Å². The molecule has 0 bridgehead atoms. The van der Waals surface area contributed by atoms with Crippen molar-refractivity contribution in [2.24, 2.45) is 0 Å². The van der Waals surface area contributed by atoms with Gasteiger partial charge in [-0.05, 0) is 17.7 Å². The first-order chi connectivity index (χ1) is 10.8. The minimum atomic E-state index is -4.65. The van der Waals surface area contributed by atoms with Crippen LogP contribution in [0, 0.1) is 0 Å². The van der Waals surface area contributed by atoms with Gasteiger partial charge in [0.05, 0.1) is 17.5 Å². The summed E-state index contributed by atoms with van der Waals surface area (Å²) in [6.45, 7) is 0. The summed E-state index contributed by atoms with van der Waals surface area (Å²) in [5.74, 6) is -1.11. The quantitative estimate of drug-likeness (QED) is 0.758. The van der Waals surface area contributed by atoms with E-state index >= 15 is 0 Å². The molecule has 0 saturated heterocycles. The number of nitrogens with one attached hydrogen (secondary N) is 1. The molecular weight excluding hydrogens is 315 g/mol. The van der Waals surface area contributed by atoms with Crippen molar-refractivity contribution < 1.29 is 23.1 Å². The number of alkyl halides is 3. The van der Waals surface area contributed by atoms with Crippen LogP contribution < -0.4 is 5.56 Å². The molecule has 2 N–H and O–H groups in total. The van der Waals surface area contributed by atoms with Crippen molar-refractivity contribution in [2.75, 3.05) is 0 Å². The molecule has 0 fully saturated rings. The number of fused-ring (bicyclic) bond motifs is 1. The summed E-state index contributed by atoms with van der Waals surface area (Å²) in [5, 5.41) is 12.2. The average Bonchev–Trinajstić information content (AvgIpc) is 2.92. The van der Waals surface area contributed by atoms with Crippen molar-refractivity contribution in [1.82, 2.24) is 14.6 Å². The molecule has 9 heteroatoms. The first-order valence-electron chi connectivity index (χ1n) is 6.29. The molecule has 0 saturated carbocycles. The Morgan fingerprint density at radius 1 is 1.22 bits per heavy atom. The number of rotatable bonds is 2. The minimum Gasteiger partial charge on any atom is -0.478 e. The lowest BCUT2D eigenvalue weighted by atomic mass is 10.1. The number of H-pyrrole nitrogens is 1. The van der Waals surface area contributed by atoms with Crippen LogP contribution in [-0.4, -0.2) is 25.7 Å². The smallest absolute Gasteiger partial charge is 0.435 e. The van der Waals surface area contributed by atoms with Gasteiger partial charge in [-0.15, -0.1) is 0 Å². The van der Waals surface area contributed by atoms with E-state index in [9.17, 15) is 22.8 Å². The summed E-state index contributed by atoms with van der Waals surface area (Å²) >= 11 is 0. The van der Waals surface area contributed by atoms with Crippen LogP contribution in [0.1, 0.15) is 16.1 Å². The molecule has 3 rings (SSSR count). The zero-order valence-corrected chi connectivity index (χ0v) is 11.3. The second-order valence-corrected chi connectivity index (χ2v) is 4.74. The van der Waals surface area contributed by atoms with Crippen LogP contribution in [0.2, 0.25) is 0 Å². The Balaban J connectivity index is 2.12. The standard InChI is InChI=1S/C14H8F3N3O3/c15-14(16,17)11-5-10-12(21)18-9(6-20(10)19-11)7-1-3-8(4-2-7)13(22)23/h1-6H,(H,18,21)(H,22,23). The first-order valence-corrected chi connectivity index (χ1v) is 6.29. The average molecular weight is 323 g/mol. The number of carbonyl (C=O) groups is 1. The Bertz CT molecular complexity index is 955. The van der Waals surface area contributed by atoms with Gasteiger partial charge >= 0.3 is 12.1 Å². The highest BCUT2D eigenvalue weighted by Crippen LogP contribution is 2.28. The summed E-state index contributed by atoms with van der Waals surface area (Å²) in [5.41, 5.74) is -1.41. The third-order valence-corrected chi connectivity index (χ3v) is 3.20. The van der Waals surface area contributed by atoms with Crippen LogP contribution in [0.25, 0.3) is 16.8 Å². The summed E-state index contributed by atoms with van der Waals surface area (Å²) in [7, 11) is 0. The summed E-state index contributed by atoms with van der Waals surface area (Å²) in [4.78, 5) is 25.2. The van der Waals surface area contributed by atoms with Crippen LogP contribution in [0.5, 0.6) is 0 Å². The number of halogens is 3. The minimum absolute atomic E-state index is 0.0515. The predicted molar refractivity (Wildman–Crippen MR) is 73.2 cm³/mol. The Hall–Kier alpha value is -3.10. The molecule has 0 atom stereocenters. The van der Waals surface area contributed by atoms with Gasteiger partial charge in [-0.25, -0.2) is 9.31 Å². The zero-order chi connectivity index (χ0) is 16.8. The van der Waals surface area contributed by atoms with Crippen molar-refractivity contribution in [3.8, 4) is 11.3 Å². The van der Waals surface area contributed by atoms with Gasteiger partial charge in [0.25, 0.3) is 5.56 Å². The molecule has 118 valence electrons. The molecule has 23 heavy (non-hydrogen) atoms. The van der Waals surface area contributed by atoms with E-state index in [2.05, 4.69) is 10.1 Å². The summed E-state index contributed by atoms with van der Waals surface area (Å²) in [6.07, 6.45) is -3.41. The number of hydrogen-bond acceptors (Lipinski definition) is 3. The van der Waals surface area contributed by atoms with Gasteiger partial charge < -0.3 is 10.1 Å². The van der Waals surface area contributed by atoms with Crippen molar-refractivity contribution in [3.05, 3.63) is 58.1 Å². The number of benzene rings is 1. The SMILES string of the molecule is O=C(O)c1ccc(-c2cn3nc(C(F)(F)F)cc3c(=O)[nH]2)cc1. The maximum Gasteiger partial charge on any atom is 0.435 e. The molecule has 0 aliphatic heterocycles. The van der Waals surface area contributed by atoms with E-state index in [1.807, 2.05) is 0 Å². The molecule has 2 heterocycles. The number of carboxylic acid groups (broad SMARTS) is 1. The van der Waals surface area contributed by atoms with Gasteiger partial charge in [0.2, 0.25) is 0 Å². The fourth-order valence-corrected chi connectivity index (χ4v) is 2.08. The molecule has 0 radical (unpaired) electrons. The van der Waals surface area contributed by atoms with Gasteiger partial charge in [-0.1, -0.05) is 12.1 Å². The highest BCUT2D eigenvalue weighted by molar-refractivity contribution is 5.88. The lowest BCUT2D eigenvalue weighted by molar-refractivity contribution is -0.141.